The van der Waals surface area contributed by atoms with Gasteiger partial charge in [-0.25, -0.2) is 4.39 Å². The Morgan fingerprint density at radius 2 is 1.80 bits per heavy atom. The lowest BCUT2D eigenvalue weighted by molar-refractivity contribution is 0.103. The molecule has 3 aromatic rings. The summed E-state index contributed by atoms with van der Waals surface area (Å²) in [6.45, 7) is 1.65. The van der Waals surface area contributed by atoms with Gasteiger partial charge in [0.15, 0.2) is 5.78 Å². The average Bonchev–Trinajstić information content (AvgIpc) is 2.49. The zero-order valence-electron chi connectivity index (χ0n) is 10.9. The zero-order chi connectivity index (χ0) is 14.1. The van der Waals surface area contributed by atoms with Crippen LogP contribution in [0.4, 0.5) is 4.39 Å². The molecule has 2 nitrogen and oxygen atoms in total. The summed E-state index contributed by atoms with van der Waals surface area (Å²) >= 11 is 0. The molecular formula is C17H12FNO. The van der Waals surface area contributed by atoms with Gasteiger partial charge in [-0.2, -0.15) is 0 Å². The van der Waals surface area contributed by atoms with Gasteiger partial charge < -0.3 is 0 Å². The monoisotopic (exact) mass is 265 g/mol. The third kappa shape index (κ3) is 1.97. The van der Waals surface area contributed by atoms with E-state index in [-0.39, 0.29) is 11.3 Å². The Morgan fingerprint density at radius 1 is 1.05 bits per heavy atom. The first-order valence-electron chi connectivity index (χ1n) is 6.31. The van der Waals surface area contributed by atoms with Crippen LogP contribution in [-0.4, -0.2) is 10.8 Å². The van der Waals surface area contributed by atoms with Gasteiger partial charge in [-0.3, -0.25) is 9.78 Å². The highest BCUT2D eigenvalue weighted by Crippen LogP contribution is 2.22. The third-order valence-electron chi connectivity index (χ3n) is 3.36. The number of pyridine rings is 1. The highest BCUT2D eigenvalue weighted by Gasteiger charge is 2.17. The summed E-state index contributed by atoms with van der Waals surface area (Å²) in [5.41, 5.74) is 1.04. The van der Waals surface area contributed by atoms with Crippen molar-refractivity contribution in [3.63, 3.8) is 0 Å². The molecule has 20 heavy (non-hydrogen) atoms. The smallest absolute Gasteiger partial charge is 0.196 e. The van der Waals surface area contributed by atoms with Crippen LogP contribution in [0, 0.1) is 12.7 Å². The second kappa shape index (κ2) is 4.85. The summed E-state index contributed by atoms with van der Waals surface area (Å²) in [5, 5.41) is 1.65. The summed E-state index contributed by atoms with van der Waals surface area (Å²) < 4.78 is 14.1. The lowest BCUT2D eigenvalue weighted by Gasteiger charge is -2.07. The number of rotatable bonds is 2. The minimum atomic E-state index is -0.460. The molecule has 1 heterocycles. The van der Waals surface area contributed by atoms with E-state index in [1.165, 1.54) is 6.07 Å². The molecule has 0 saturated heterocycles. The van der Waals surface area contributed by atoms with E-state index in [1.54, 1.807) is 43.6 Å². The topological polar surface area (TPSA) is 30.0 Å². The number of hydrogen-bond donors (Lipinski definition) is 0. The first kappa shape index (κ1) is 12.5. The van der Waals surface area contributed by atoms with Crippen molar-refractivity contribution in [2.45, 2.75) is 6.92 Å². The molecule has 0 fully saturated rings. The second-order valence-corrected chi connectivity index (χ2v) is 4.67. The van der Waals surface area contributed by atoms with E-state index in [9.17, 15) is 9.18 Å². The number of nitrogens with zero attached hydrogens (tertiary/aromatic N) is 1. The molecule has 0 aliphatic heterocycles. The SMILES string of the molecule is Cc1cccc(C(=O)c2cccc3ccncc23)c1F. The van der Waals surface area contributed by atoms with Crippen molar-refractivity contribution in [3.05, 3.63) is 77.4 Å². The van der Waals surface area contributed by atoms with Crippen molar-refractivity contribution in [2.24, 2.45) is 0 Å². The first-order valence-corrected chi connectivity index (χ1v) is 6.31. The number of aryl methyl sites for hydroxylation is 1. The van der Waals surface area contributed by atoms with Crippen LogP contribution in [0.3, 0.4) is 0 Å². The number of fused-ring (bicyclic) bond motifs is 1. The van der Waals surface area contributed by atoms with Gasteiger partial charge >= 0.3 is 0 Å². The zero-order valence-corrected chi connectivity index (χ0v) is 10.9. The molecular weight excluding hydrogens is 253 g/mol. The number of benzene rings is 2. The highest BCUT2D eigenvalue weighted by atomic mass is 19.1. The van der Waals surface area contributed by atoms with Crippen LogP contribution in [0.2, 0.25) is 0 Å². The van der Waals surface area contributed by atoms with Gasteiger partial charge in [-0.05, 0) is 30.0 Å². The quantitative estimate of drug-likeness (QED) is 0.657. The van der Waals surface area contributed by atoms with Crippen LogP contribution in [0.1, 0.15) is 21.5 Å². The first-order chi connectivity index (χ1) is 9.68. The molecule has 0 amide bonds. The lowest BCUT2D eigenvalue weighted by Crippen LogP contribution is -2.06. The molecule has 0 atom stereocenters. The number of aromatic nitrogens is 1. The fourth-order valence-corrected chi connectivity index (χ4v) is 2.28. The van der Waals surface area contributed by atoms with Crippen LogP contribution >= 0.6 is 0 Å². The van der Waals surface area contributed by atoms with Crippen LogP contribution in [0.15, 0.2) is 54.9 Å². The predicted molar refractivity (Wildman–Crippen MR) is 76.3 cm³/mol. The van der Waals surface area contributed by atoms with Gasteiger partial charge in [0.2, 0.25) is 0 Å². The molecule has 0 radical (unpaired) electrons. The van der Waals surface area contributed by atoms with Crippen LogP contribution in [-0.2, 0) is 0 Å². The molecule has 0 aliphatic carbocycles. The second-order valence-electron chi connectivity index (χ2n) is 4.67. The molecule has 98 valence electrons. The summed E-state index contributed by atoms with van der Waals surface area (Å²) in [7, 11) is 0. The van der Waals surface area contributed by atoms with Crippen molar-refractivity contribution >= 4 is 16.6 Å². The van der Waals surface area contributed by atoms with Gasteiger partial charge in [0.1, 0.15) is 5.82 Å². The maximum absolute atomic E-state index is 14.1. The maximum Gasteiger partial charge on any atom is 0.196 e. The molecule has 0 N–H and O–H groups in total. The van der Waals surface area contributed by atoms with Crippen LogP contribution < -0.4 is 0 Å². The molecule has 3 rings (SSSR count). The normalized spacial score (nSPS) is 10.7. The molecule has 0 unspecified atom stereocenters. The molecule has 0 aliphatic rings. The van der Waals surface area contributed by atoms with Crippen molar-refractivity contribution in [3.8, 4) is 0 Å². The summed E-state index contributed by atoms with van der Waals surface area (Å²) in [6, 6.07) is 12.1. The summed E-state index contributed by atoms with van der Waals surface area (Å²) in [6.07, 6.45) is 3.31. The predicted octanol–water partition coefficient (Wildman–Crippen LogP) is 3.91. The van der Waals surface area contributed by atoms with Gasteiger partial charge in [-0.1, -0.05) is 30.3 Å². The van der Waals surface area contributed by atoms with E-state index in [0.717, 1.165) is 10.8 Å². The molecule has 0 spiro atoms. The summed E-state index contributed by atoms with van der Waals surface area (Å²) in [4.78, 5) is 16.6. The molecule has 1 aromatic heterocycles. The number of carbonyl (C=O) groups excluding carboxylic acids is 1. The Kier molecular flexibility index (Phi) is 3.03. The average molecular weight is 265 g/mol. The Bertz CT molecular complexity index is 806. The van der Waals surface area contributed by atoms with Crippen LogP contribution in [0.25, 0.3) is 10.8 Å². The minimum absolute atomic E-state index is 0.0985. The fraction of sp³-hybridized carbons (Fsp3) is 0.0588. The third-order valence-corrected chi connectivity index (χ3v) is 3.36. The lowest BCUT2D eigenvalue weighted by atomic mass is 9.97. The number of halogens is 1. The standard InChI is InChI=1S/C17H12FNO/c1-11-4-2-7-14(16(11)18)17(20)13-6-3-5-12-8-9-19-10-15(12)13/h2-10H,1H3. The van der Waals surface area contributed by atoms with Gasteiger partial charge in [0, 0.05) is 23.3 Å². The van der Waals surface area contributed by atoms with Crippen molar-refractivity contribution in [1.29, 1.82) is 0 Å². The molecule has 0 bridgehead atoms. The molecule has 3 heteroatoms. The highest BCUT2D eigenvalue weighted by molar-refractivity contribution is 6.16. The number of hydrogen-bond acceptors (Lipinski definition) is 2. The van der Waals surface area contributed by atoms with Gasteiger partial charge in [-0.15, -0.1) is 0 Å². The Morgan fingerprint density at radius 3 is 2.65 bits per heavy atom. The molecule has 0 saturated carbocycles. The largest absolute Gasteiger partial charge is 0.288 e. The molecule has 2 aromatic carbocycles. The van der Waals surface area contributed by atoms with Crippen LogP contribution in [0.5, 0.6) is 0 Å². The Labute approximate surface area is 115 Å². The van der Waals surface area contributed by atoms with Crippen molar-refractivity contribution in [2.75, 3.05) is 0 Å². The maximum atomic E-state index is 14.1. The Hall–Kier alpha value is -2.55. The van der Waals surface area contributed by atoms with Crippen molar-refractivity contribution in [1.82, 2.24) is 4.98 Å². The van der Waals surface area contributed by atoms with E-state index in [4.69, 9.17) is 0 Å². The van der Waals surface area contributed by atoms with Gasteiger partial charge in [0.25, 0.3) is 0 Å². The number of carbonyl (C=O) groups is 1. The van der Waals surface area contributed by atoms with E-state index in [1.807, 2.05) is 12.1 Å². The fourth-order valence-electron chi connectivity index (χ4n) is 2.28. The van der Waals surface area contributed by atoms with Gasteiger partial charge in [0.05, 0.1) is 5.56 Å². The summed E-state index contributed by atoms with van der Waals surface area (Å²) in [5.74, 6) is -0.775. The minimum Gasteiger partial charge on any atom is -0.288 e. The van der Waals surface area contributed by atoms with E-state index < -0.39 is 5.82 Å². The Balaban J connectivity index is 2.21. The van der Waals surface area contributed by atoms with E-state index in [0.29, 0.717) is 11.1 Å². The van der Waals surface area contributed by atoms with Crippen molar-refractivity contribution < 1.29 is 9.18 Å². The van der Waals surface area contributed by atoms with E-state index in [2.05, 4.69) is 4.98 Å². The number of ketones is 1. The van der Waals surface area contributed by atoms with E-state index >= 15 is 0 Å².